The van der Waals surface area contributed by atoms with Crippen LogP contribution in [0.2, 0.25) is 0 Å². The number of benzene rings is 2. The third-order valence-corrected chi connectivity index (χ3v) is 3.00. The van der Waals surface area contributed by atoms with Crippen molar-refractivity contribution in [3.63, 3.8) is 0 Å². The standard InChI is InChI=1S/C15H15F2N/c1-9-6-10(2)14(13(17)7-9)15(18)11-4-3-5-12(16)8-11/h3-8,15H,18H2,1-2H3. The van der Waals surface area contributed by atoms with E-state index in [2.05, 4.69) is 0 Å². The molecule has 0 aliphatic heterocycles. The molecule has 1 unspecified atom stereocenters. The van der Waals surface area contributed by atoms with E-state index < -0.39 is 6.04 Å². The van der Waals surface area contributed by atoms with Crippen LogP contribution >= 0.6 is 0 Å². The Morgan fingerprint density at radius 3 is 2.39 bits per heavy atom. The van der Waals surface area contributed by atoms with Gasteiger partial charge in [-0.1, -0.05) is 18.2 Å². The lowest BCUT2D eigenvalue weighted by Crippen LogP contribution is -2.15. The van der Waals surface area contributed by atoms with Crippen molar-refractivity contribution in [1.82, 2.24) is 0 Å². The minimum Gasteiger partial charge on any atom is -0.320 e. The van der Waals surface area contributed by atoms with Crippen molar-refractivity contribution >= 4 is 0 Å². The highest BCUT2D eigenvalue weighted by atomic mass is 19.1. The number of halogens is 2. The third kappa shape index (κ3) is 2.41. The number of rotatable bonds is 2. The Morgan fingerprint density at radius 2 is 1.78 bits per heavy atom. The summed E-state index contributed by atoms with van der Waals surface area (Å²) in [5.41, 5.74) is 8.65. The zero-order chi connectivity index (χ0) is 13.3. The second kappa shape index (κ2) is 4.86. The fourth-order valence-electron chi connectivity index (χ4n) is 2.19. The zero-order valence-corrected chi connectivity index (χ0v) is 10.4. The summed E-state index contributed by atoms with van der Waals surface area (Å²) in [5.74, 6) is -0.711. The summed E-state index contributed by atoms with van der Waals surface area (Å²) in [6.45, 7) is 3.64. The maximum Gasteiger partial charge on any atom is 0.128 e. The van der Waals surface area contributed by atoms with Crippen molar-refractivity contribution in [3.8, 4) is 0 Å². The fourth-order valence-corrected chi connectivity index (χ4v) is 2.19. The fraction of sp³-hybridized carbons (Fsp3) is 0.200. The second-order valence-electron chi connectivity index (χ2n) is 4.51. The Kier molecular flexibility index (Phi) is 3.43. The molecule has 0 aliphatic rings. The average Bonchev–Trinajstić information content (AvgIpc) is 2.27. The summed E-state index contributed by atoms with van der Waals surface area (Å²) in [6, 6.07) is 8.62. The van der Waals surface area contributed by atoms with Crippen molar-refractivity contribution < 1.29 is 8.78 Å². The van der Waals surface area contributed by atoms with E-state index in [-0.39, 0.29) is 11.6 Å². The van der Waals surface area contributed by atoms with Crippen molar-refractivity contribution in [2.75, 3.05) is 0 Å². The van der Waals surface area contributed by atoms with E-state index in [0.29, 0.717) is 11.1 Å². The van der Waals surface area contributed by atoms with Gasteiger partial charge in [-0.15, -0.1) is 0 Å². The van der Waals surface area contributed by atoms with Crippen LogP contribution in [0.15, 0.2) is 36.4 Å². The normalized spacial score (nSPS) is 12.5. The molecule has 1 nitrogen and oxygen atoms in total. The first kappa shape index (κ1) is 12.7. The molecule has 0 saturated carbocycles. The van der Waals surface area contributed by atoms with Crippen LogP contribution in [0.4, 0.5) is 8.78 Å². The summed E-state index contributed by atoms with van der Waals surface area (Å²) in [5, 5.41) is 0. The Morgan fingerprint density at radius 1 is 1.06 bits per heavy atom. The highest BCUT2D eigenvalue weighted by Gasteiger charge is 2.17. The lowest BCUT2D eigenvalue weighted by Gasteiger charge is -2.17. The Balaban J connectivity index is 2.49. The van der Waals surface area contributed by atoms with Gasteiger partial charge in [0.1, 0.15) is 11.6 Å². The Bertz CT molecular complexity index is 555. The van der Waals surface area contributed by atoms with Gasteiger partial charge < -0.3 is 5.73 Å². The van der Waals surface area contributed by atoms with Crippen LogP contribution in [0.25, 0.3) is 0 Å². The lowest BCUT2D eigenvalue weighted by molar-refractivity contribution is 0.592. The summed E-state index contributed by atoms with van der Waals surface area (Å²) >= 11 is 0. The first-order valence-electron chi connectivity index (χ1n) is 5.76. The van der Waals surface area contributed by atoms with Crippen molar-refractivity contribution in [2.45, 2.75) is 19.9 Å². The van der Waals surface area contributed by atoms with Crippen molar-refractivity contribution in [3.05, 3.63) is 70.3 Å². The molecule has 0 aliphatic carbocycles. The molecule has 0 radical (unpaired) electrons. The summed E-state index contributed by atoms with van der Waals surface area (Å²) in [7, 11) is 0. The molecule has 2 aromatic rings. The second-order valence-corrected chi connectivity index (χ2v) is 4.51. The molecule has 0 amide bonds. The van der Waals surface area contributed by atoms with Crippen LogP contribution in [0.5, 0.6) is 0 Å². The number of hydrogen-bond donors (Lipinski definition) is 1. The van der Waals surface area contributed by atoms with E-state index in [4.69, 9.17) is 5.73 Å². The van der Waals surface area contributed by atoms with Crippen LogP contribution in [0.1, 0.15) is 28.3 Å². The predicted molar refractivity (Wildman–Crippen MR) is 68.3 cm³/mol. The molecular weight excluding hydrogens is 232 g/mol. The monoisotopic (exact) mass is 247 g/mol. The molecule has 0 bridgehead atoms. The topological polar surface area (TPSA) is 26.0 Å². The Labute approximate surface area is 105 Å². The molecule has 94 valence electrons. The van der Waals surface area contributed by atoms with Crippen molar-refractivity contribution in [1.29, 1.82) is 0 Å². The van der Waals surface area contributed by atoms with E-state index >= 15 is 0 Å². The molecule has 0 fully saturated rings. The van der Waals surface area contributed by atoms with Crippen molar-refractivity contribution in [2.24, 2.45) is 5.73 Å². The van der Waals surface area contributed by atoms with Gasteiger partial charge in [-0.3, -0.25) is 0 Å². The number of hydrogen-bond acceptors (Lipinski definition) is 1. The summed E-state index contributed by atoms with van der Waals surface area (Å²) < 4.78 is 27.1. The lowest BCUT2D eigenvalue weighted by atomic mass is 9.94. The number of nitrogens with two attached hydrogens (primary N) is 1. The quantitative estimate of drug-likeness (QED) is 0.861. The van der Waals surface area contributed by atoms with Crippen LogP contribution in [0, 0.1) is 25.5 Å². The minimum atomic E-state index is -0.652. The predicted octanol–water partition coefficient (Wildman–Crippen LogP) is 3.63. The molecule has 18 heavy (non-hydrogen) atoms. The highest BCUT2D eigenvalue weighted by Crippen LogP contribution is 2.26. The van der Waals surface area contributed by atoms with Gasteiger partial charge in [-0.05, 0) is 48.7 Å². The summed E-state index contributed by atoms with van der Waals surface area (Å²) in [6.07, 6.45) is 0. The molecule has 2 aromatic carbocycles. The molecule has 1 atom stereocenters. The molecule has 0 spiro atoms. The first-order chi connectivity index (χ1) is 8.49. The first-order valence-corrected chi connectivity index (χ1v) is 5.76. The molecule has 0 heterocycles. The van der Waals surface area contributed by atoms with Crippen LogP contribution in [-0.2, 0) is 0 Å². The largest absolute Gasteiger partial charge is 0.320 e. The third-order valence-electron chi connectivity index (χ3n) is 3.00. The van der Waals surface area contributed by atoms with E-state index in [1.165, 1.54) is 18.2 Å². The average molecular weight is 247 g/mol. The van der Waals surface area contributed by atoms with Gasteiger partial charge in [-0.2, -0.15) is 0 Å². The summed E-state index contributed by atoms with van der Waals surface area (Å²) in [4.78, 5) is 0. The van der Waals surface area contributed by atoms with Gasteiger partial charge in [0, 0.05) is 5.56 Å². The van der Waals surface area contributed by atoms with E-state index in [1.807, 2.05) is 19.9 Å². The minimum absolute atomic E-state index is 0.343. The van der Waals surface area contributed by atoms with Gasteiger partial charge in [0.2, 0.25) is 0 Å². The van der Waals surface area contributed by atoms with Crippen LogP contribution in [-0.4, -0.2) is 0 Å². The van der Waals surface area contributed by atoms with Crippen LogP contribution in [0.3, 0.4) is 0 Å². The van der Waals surface area contributed by atoms with Gasteiger partial charge in [0.25, 0.3) is 0 Å². The molecule has 0 aromatic heterocycles. The zero-order valence-electron chi connectivity index (χ0n) is 10.4. The molecule has 3 heteroatoms. The van der Waals surface area contributed by atoms with Gasteiger partial charge >= 0.3 is 0 Å². The van der Waals surface area contributed by atoms with Gasteiger partial charge in [0.15, 0.2) is 0 Å². The molecular formula is C15H15F2N. The van der Waals surface area contributed by atoms with Crippen LogP contribution < -0.4 is 5.73 Å². The smallest absolute Gasteiger partial charge is 0.128 e. The number of aryl methyl sites for hydroxylation is 2. The highest BCUT2D eigenvalue weighted by molar-refractivity contribution is 5.39. The van der Waals surface area contributed by atoms with Gasteiger partial charge in [0.05, 0.1) is 6.04 Å². The molecule has 2 N–H and O–H groups in total. The maximum atomic E-state index is 14.0. The van der Waals surface area contributed by atoms with E-state index in [0.717, 1.165) is 11.1 Å². The maximum absolute atomic E-state index is 14.0. The van der Waals surface area contributed by atoms with Gasteiger partial charge in [-0.25, -0.2) is 8.78 Å². The molecule has 2 rings (SSSR count). The SMILES string of the molecule is Cc1cc(C)c(C(N)c2cccc(F)c2)c(F)c1. The van der Waals surface area contributed by atoms with E-state index in [9.17, 15) is 8.78 Å². The van der Waals surface area contributed by atoms with E-state index in [1.54, 1.807) is 12.1 Å². The molecule has 0 saturated heterocycles. The Hall–Kier alpha value is -1.74.